The summed E-state index contributed by atoms with van der Waals surface area (Å²) in [6.45, 7) is 15.4. The van der Waals surface area contributed by atoms with Crippen molar-refractivity contribution in [1.29, 1.82) is 0 Å². The Hall–Kier alpha value is -0.970. The molecule has 4 nitrogen and oxygen atoms in total. The number of methoxy groups -OCH3 is 1. The first kappa shape index (κ1) is 27.6. The third-order valence-electron chi connectivity index (χ3n) is 9.39. The van der Waals surface area contributed by atoms with Crippen molar-refractivity contribution in [2.24, 2.45) is 5.41 Å². The molecule has 5 heteroatoms. The lowest BCUT2D eigenvalue weighted by Gasteiger charge is -2.42. The van der Waals surface area contributed by atoms with Gasteiger partial charge in [0, 0.05) is 57.8 Å². The Balaban J connectivity index is 0.00000324. The van der Waals surface area contributed by atoms with E-state index in [9.17, 15) is 0 Å². The van der Waals surface area contributed by atoms with Crippen LogP contribution >= 0.6 is 12.4 Å². The molecule has 0 radical (unpaired) electrons. The van der Waals surface area contributed by atoms with Gasteiger partial charge in [0.1, 0.15) is 0 Å². The Morgan fingerprint density at radius 3 is 2.06 bits per heavy atom. The van der Waals surface area contributed by atoms with Crippen LogP contribution in [0, 0.1) is 5.41 Å². The Kier molecular flexibility index (Phi) is 10.4. The van der Waals surface area contributed by atoms with Gasteiger partial charge in [-0.25, -0.2) is 0 Å². The molecule has 0 spiro atoms. The summed E-state index contributed by atoms with van der Waals surface area (Å²) in [5, 5.41) is 0. The number of hydrogen-bond acceptors (Lipinski definition) is 4. The summed E-state index contributed by atoms with van der Waals surface area (Å²) < 4.78 is 5.62. The minimum atomic E-state index is 0. The van der Waals surface area contributed by atoms with Crippen LogP contribution in [0.15, 0.2) is 18.2 Å². The number of rotatable bonds is 8. The van der Waals surface area contributed by atoms with Crippen LogP contribution in [0.1, 0.15) is 90.0 Å². The fourth-order valence-corrected chi connectivity index (χ4v) is 6.73. The van der Waals surface area contributed by atoms with Gasteiger partial charge in [-0.05, 0) is 86.6 Å². The standard InChI is InChI=1S/C29H49N3O.ClH/c1-5-16-30-19-21-32(22-20-30)28-9-8-25(31-17-12-26(33-4)13-18-31)23-27(28)24-10-14-29(6-2,7-3)15-11-24;/h8-9,23-24,26H,5-7,10-22H2,1-4H3;1H. The lowest BCUT2D eigenvalue weighted by atomic mass is 9.66. The average Bonchev–Trinajstić information content (AvgIpc) is 2.89. The quantitative estimate of drug-likeness (QED) is 0.401. The third-order valence-corrected chi connectivity index (χ3v) is 9.39. The molecule has 34 heavy (non-hydrogen) atoms. The topological polar surface area (TPSA) is 19.0 Å². The fraction of sp³-hybridized carbons (Fsp3) is 0.793. The van der Waals surface area contributed by atoms with Gasteiger partial charge in [-0.2, -0.15) is 0 Å². The molecule has 1 aromatic carbocycles. The monoisotopic (exact) mass is 491 g/mol. The first-order valence-corrected chi connectivity index (χ1v) is 14.0. The Morgan fingerprint density at radius 1 is 0.853 bits per heavy atom. The largest absolute Gasteiger partial charge is 0.381 e. The van der Waals surface area contributed by atoms with Gasteiger partial charge in [-0.3, -0.25) is 4.90 Å². The summed E-state index contributed by atoms with van der Waals surface area (Å²) in [6, 6.07) is 7.48. The molecule has 1 saturated carbocycles. The highest BCUT2D eigenvalue weighted by Gasteiger charge is 2.34. The highest BCUT2D eigenvalue weighted by Crippen LogP contribution is 2.49. The van der Waals surface area contributed by atoms with Crippen LogP contribution in [0.4, 0.5) is 11.4 Å². The molecule has 1 aliphatic carbocycles. The van der Waals surface area contributed by atoms with E-state index in [4.69, 9.17) is 4.74 Å². The predicted octanol–water partition coefficient (Wildman–Crippen LogP) is 6.72. The molecule has 194 valence electrons. The smallest absolute Gasteiger partial charge is 0.0605 e. The van der Waals surface area contributed by atoms with E-state index in [1.165, 1.54) is 89.0 Å². The maximum absolute atomic E-state index is 5.62. The van der Waals surface area contributed by atoms with Gasteiger partial charge in [0.15, 0.2) is 0 Å². The van der Waals surface area contributed by atoms with Crippen LogP contribution in [0.25, 0.3) is 0 Å². The van der Waals surface area contributed by atoms with Crippen molar-refractivity contribution in [3.63, 3.8) is 0 Å². The van der Waals surface area contributed by atoms with Crippen molar-refractivity contribution in [2.45, 2.75) is 90.6 Å². The van der Waals surface area contributed by atoms with Gasteiger partial charge in [-0.15, -0.1) is 12.4 Å². The van der Waals surface area contributed by atoms with Crippen molar-refractivity contribution in [2.75, 3.05) is 62.7 Å². The molecule has 2 heterocycles. The van der Waals surface area contributed by atoms with Gasteiger partial charge in [-0.1, -0.05) is 33.6 Å². The molecule has 0 atom stereocenters. The third kappa shape index (κ3) is 6.23. The van der Waals surface area contributed by atoms with Gasteiger partial charge in [0.05, 0.1) is 6.10 Å². The summed E-state index contributed by atoms with van der Waals surface area (Å²) in [6.07, 6.45) is 12.2. The van der Waals surface area contributed by atoms with E-state index in [2.05, 4.69) is 53.7 Å². The number of ether oxygens (including phenoxy) is 1. The van der Waals surface area contributed by atoms with Crippen LogP contribution < -0.4 is 9.80 Å². The second kappa shape index (κ2) is 12.8. The second-order valence-electron chi connectivity index (χ2n) is 11.0. The average molecular weight is 492 g/mol. The van der Waals surface area contributed by atoms with E-state index in [1.54, 1.807) is 5.56 Å². The number of halogens is 1. The van der Waals surface area contributed by atoms with Gasteiger partial charge < -0.3 is 14.5 Å². The lowest BCUT2D eigenvalue weighted by Crippen LogP contribution is -2.47. The molecule has 1 aromatic rings. The van der Waals surface area contributed by atoms with E-state index in [0.717, 1.165) is 31.8 Å². The Labute approximate surface area is 215 Å². The number of hydrogen-bond donors (Lipinski definition) is 0. The lowest BCUT2D eigenvalue weighted by molar-refractivity contribution is 0.0819. The first-order chi connectivity index (χ1) is 16.1. The van der Waals surface area contributed by atoms with Gasteiger partial charge in [0.25, 0.3) is 0 Å². The maximum atomic E-state index is 5.62. The molecule has 2 saturated heterocycles. The second-order valence-corrected chi connectivity index (χ2v) is 11.0. The zero-order chi connectivity index (χ0) is 23.3. The van der Waals surface area contributed by atoms with Crippen LogP contribution in [0.3, 0.4) is 0 Å². The minimum Gasteiger partial charge on any atom is -0.381 e. The van der Waals surface area contributed by atoms with E-state index in [1.807, 2.05) is 7.11 Å². The van der Waals surface area contributed by atoms with Crippen LogP contribution in [-0.2, 0) is 4.74 Å². The number of benzene rings is 1. The first-order valence-electron chi connectivity index (χ1n) is 14.0. The molecule has 0 aromatic heterocycles. The summed E-state index contributed by atoms with van der Waals surface area (Å²) >= 11 is 0. The minimum absolute atomic E-state index is 0. The fourth-order valence-electron chi connectivity index (χ4n) is 6.73. The number of nitrogens with zero attached hydrogens (tertiary/aromatic N) is 3. The summed E-state index contributed by atoms with van der Waals surface area (Å²) in [7, 11) is 1.86. The molecule has 0 bridgehead atoms. The maximum Gasteiger partial charge on any atom is 0.0605 e. The number of piperidine rings is 1. The molecule has 0 N–H and O–H groups in total. The van der Waals surface area contributed by atoms with Crippen LogP contribution in [0.2, 0.25) is 0 Å². The Morgan fingerprint density at radius 2 is 1.50 bits per heavy atom. The Bertz CT molecular complexity index is 727. The van der Waals surface area contributed by atoms with E-state index in [0.29, 0.717) is 11.5 Å². The molecule has 4 rings (SSSR count). The van der Waals surface area contributed by atoms with Crippen molar-refractivity contribution < 1.29 is 4.74 Å². The molecular weight excluding hydrogens is 442 g/mol. The molecule has 0 unspecified atom stereocenters. The van der Waals surface area contributed by atoms with E-state index >= 15 is 0 Å². The predicted molar refractivity (Wildman–Crippen MR) is 149 cm³/mol. The SMILES string of the molecule is CCCN1CCN(c2ccc(N3CCC(OC)CC3)cc2C2CCC(CC)(CC)CC2)CC1.Cl. The highest BCUT2D eigenvalue weighted by molar-refractivity contribution is 5.85. The summed E-state index contributed by atoms with van der Waals surface area (Å²) in [5.74, 6) is 0.719. The van der Waals surface area contributed by atoms with Crippen molar-refractivity contribution in [3.05, 3.63) is 23.8 Å². The molecular formula is C29H50ClN3O. The molecule has 3 fully saturated rings. The summed E-state index contributed by atoms with van der Waals surface area (Å²) in [4.78, 5) is 7.94. The molecule has 2 aliphatic heterocycles. The van der Waals surface area contributed by atoms with Crippen molar-refractivity contribution in [3.8, 4) is 0 Å². The van der Waals surface area contributed by atoms with Crippen molar-refractivity contribution in [1.82, 2.24) is 4.90 Å². The number of piperazine rings is 1. The highest BCUT2D eigenvalue weighted by atomic mass is 35.5. The van der Waals surface area contributed by atoms with Gasteiger partial charge in [0.2, 0.25) is 0 Å². The summed E-state index contributed by atoms with van der Waals surface area (Å²) in [5.41, 5.74) is 5.22. The normalized spacial score (nSPS) is 22.6. The van der Waals surface area contributed by atoms with Crippen molar-refractivity contribution >= 4 is 23.8 Å². The zero-order valence-electron chi connectivity index (χ0n) is 22.4. The number of anilines is 2. The van der Waals surface area contributed by atoms with E-state index in [-0.39, 0.29) is 12.4 Å². The van der Waals surface area contributed by atoms with Crippen LogP contribution in [0.5, 0.6) is 0 Å². The van der Waals surface area contributed by atoms with E-state index < -0.39 is 0 Å². The van der Waals surface area contributed by atoms with Gasteiger partial charge >= 0.3 is 0 Å². The molecule has 3 aliphatic rings. The van der Waals surface area contributed by atoms with Crippen LogP contribution in [-0.4, -0.2) is 63.9 Å². The zero-order valence-corrected chi connectivity index (χ0v) is 23.2. The molecule has 0 amide bonds.